The second-order valence-corrected chi connectivity index (χ2v) is 9.17. The minimum Gasteiger partial charge on any atom is -0.497 e. The summed E-state index contributed by atoms with van der Waals surface area (Å²) < 4.78 is 38.4. The maximum absolute atomic E-state index is 13.5. The van der Waals surface area contributed by atoms with E-state index in [1.54, 1.807) is 55.5 Å². The molecule has 0 aliphatic carbocycles. The summed E-state index contributed by atoms with van der Waals surface area (Å²) in [6, 6.07) is 17.7. The largest absolute Gasteiger partial charge is 0.497 e. The number of sulfonamides is 1. The van der Waals surface area contributed by atoms with Crippen LogP contribution in [0.1, 0.15) is 5.56 Å². The fourth-order valence-electron chi connectivity index (χ4n) is 3.09. The van der Waals surface area contributed by atoms with Crippen LogP contribution in [0.15, 0.2) is 71.6 Å². The third-order valence-electron chi connectivity index (χ3n) is 4.74. The number of anilines is 2. The molecule has 0 aromatic heterocycles. The Labute approximate surface area is 192 Å². The Morgan fingerprint density at radius 2 is 1.72 bits per heavy atom. The zero-order valence-corrected chi connectivity index (χ0v) is 19.4. The highest BCUT2D eigenvalue weighted by Gasteiger charge is 2.28. The molecule has 1 amide bonds. The summed E-state index contributed by atoms with van der Waals surface area (Å²) in [5, 5.41) is 3.07. The smallest absolute Gasteiger partial charge is 0.264 e. The number of benzene rings is 3. The number of hydrogen-bond donors (Lipinski definition) is 1. The Morgan fingerprint density at radius 3 is 2.38 bits per heavy atom. The van der Waals surface area contributed by atoms with Gasteiger partial charge in [0.05, 0.1) is 30.5 Å². The van der Waals surface area contributed by atoms with Crippen molar-refractivity contribution in [3.05, 3.63) is 77.3 Å². The van der Waals surface area contributed by atoms with Gasteiger partial charge in [0.25, 0.3) is 10.0 Å². The van der Waals surface area contributed by atoms with E-state index in [0.29, 0.717) is 33.5 Å². The molecular formula is C23H23ClN2O5S. The van der Waals surface area contributed by atoms with E-state index in [0.717, 1.165) is 4.31 Å². The van der Waals surface area contributed by atoms with Crippen molar-refractivity contribution in [1.29, 1.82) is 0 Å². The van der Waals surface area contributed by atoms with Crippen LogP contribution in [0.25, 0.3) is 0 Å². The van der Waals surface area contributed by atoms with Crippen LogP contribution in [0.2, 0.25) is 5.02 Å². The van der Waals surface area contributed by atoms with Crippen molar-refractivity contribution in [3.8, 4) is 11.5 Å². The minimum absolute atomic E-state index is 0.0641. The molecule has 0 saturated heterocycles. The summed E-state index contributed by atoms with van der Waals surface area (Å²) in [6.07, 6.45) is 0. The molecule has 0 unspecified atom stereocenters. The van der Waals surface area contributed by atoms with Crippen LogP contribution < -0.4 is 19.1 Å². The van der Waals surface area contributed by atoms with Crippen LogP contribution in [0.5, 0.6) is 11.5 Å². The molecule has 32 heavy (non-hydrogen) atoms. The first-order valence-corrected chi connectivity index (χ1v) is 11.4. The van der Waals surface area contributed by atoms with Gasteiger partial charge in [-0.3, -0.25) is 9.10 Å². The first-order chi connectivity index (χ1) is 15.3. The summed E-state index contributed by atoms with van der Waals surface area (Å²) in [6.45, 7) is 1.29. The molecule has 0 heterocycles. The van der Waals surface area contributed by atoms with Crippen LogP contribution in [0, 0.1) is 6.92 Å². The normalized spacial score (nSPS) is 11.0. The van der Waals surface area contributed by atoms with Gasteiger partial charge in [-0.2, -0.15) is 0 Å². The Bertz CT molecular complexity index is 1220. The number of methoxy groups -OCH3 is 2. The van der Waals surface area contributed by atoms with Crippen molar-refractivity contribution in [1.82, 2.24) is 0 Å². The molecule has 1 N–H and O–H groups in total. The molecule has 0 fully saturated rings. The maximum Gasteiger partial charge on any atom is 0.264 e. The van der Waals surface area contributed by atoms with Crippen LogP contribution in [-0.2, 0) is 14.8 Å². The van der Waals surface area contributed by atoms with Gasteiger partial charge in [-0.25, -0.2) is 8.42 Å². The number of aryl methyl sites for hydroxylation is 1. The number of nitrogens with zero attached hydrogens (tertiary/aromatic N) is 1. The molecule has 0 radical (unpaired) electrons. The Hall–Kier alpha value is -3.23. The van der Waals surface area contributed by atoms with Gasteiger partial charge >= 0.3 is 0 Å². The number of halogens is 1. The predicted octanol–water partition coefficient (Wildman–Crippen LogP) is 4.50. The number of nitrogens with one attached hydrogen (secondary N) is 1. The van der Waals surface area contributed by atoms with Gasteiger partial charge in [0.2, 0.25) is 5.91 Å². The zero-order chi connectivity index (χ0) is 23.3. The number of hydrogen-bond acceptors (Lipinski definition) is 5. The van der Waals surface area contributed by atoms with Crippen LogP contribution >= 0.6 is 11.6 Å². The molecule has 3 rings (SSSR count). The second-order valence-electron chi connectivity index (χ2n) is 6.87. The molecule has 0 spiro atoms. The number of carbonyl (C=O) groups excluding carboxylic acids is 1. The van der Waals surface area contributed by atoms with E-state index in [1.807, 2.05) is 0 Å². The molecule has 3 aromatic carbocycles. The van der Waals surface area contributed by atoms with Gasteiger partial charge in [-0.05, 0) is 48.9 Å². The summed E-state index contributed by atoms with van der Waals surface area (Å²) in [7, 11) is -1.06. The molecule has 0 aliphatic rings. The lowest BCUT2D eigenvalue weighted by atomic mass is 10.2. The van der Waals surface area contributed by atoms with Crippen LogP contribution in [0.3, 0.4) is 0 Å². The number of amides is 1. The summed E-state index contributed by atoms with van der Waals surface area (Å²) in [5.41, 5.74) is 1.36. The average Bonchev–Trinajstić information content (AvgIpc) is 2.80. The maximum atomic E-state index is 13.5. The Kier molecular flexibility index (Phi) is 7.27. The van der Waals surface area contributed by atoms with Crippen molar-refractivity contribution in [2.75, 3.05) is 30.4 Å². The van der Waals surface area contributed by atoms with Crippen molar-refractivity contribution in [2.24, 2.45) is 0 Å². The second kappa shape index (κ2) is 9.93. The summed E-state index contributed by atoms with van der Waals surface area (Å²) in [5.74, 6) is 0.393. The van der Waals surface area contributed by atoms with Gasteiger partial charge in [-0.1, -0.05) is 35.9 Å². The Morgan fingerprint density at radius 1 is 1.00 bits per heavy atom. The van der Waals surface area contributed by atoms with Gasteiger partial charge in [-0.15, -0.1) is 0 Å². The van der Waals surface area contributed by atoms with Gasteiger partial charge in [0.15, 0.2) is 0 Å². The van der Waals surface area contributed by atoms with Crippen molar-refractivity contribution >= 4 is 38.9 Å². The van der Waals surface area contributed by atoms with Crippen molar-refractivity contribution < 1.29 is 22.7 Å². The summed E-state index contributed by atoms with van der Waals surface area (Å²) >= 11 is 6.14. The van der Waals surface area contributed by atoms with Gasteiger partial charge in [0.1, 0.15) is 18.0 Å². The third kappa shape index (κ3) is 5.15. The number of carbonyl (C=O) groups is 1. The van der Waals surface area contributed by atoms with E-state index >= 15 is 0 Å². The van der Waals surface area contributed by atoms with E-state index in [4.69, 9.17) is 21.1 Å². The molecule has 3 aromatic rings. The van der Waals surface area contributed by atoms with E-state index in [9.17, 15) is 13.2 Å². The molecule has 7 nitrogen and oxygen atoms in total. The fourth-order valence-corrected chi connectivity index (χ4v) is 4.76. The molecule has 9 heteroatoms. The van der Waals surface area contributed by atoms with E-state index < -0.39 is 22.5 Å². The first-order valence-electron chi connectivity index (χ1n) is 9.62. The topological polar surface area (TPSA) is 84.9 Å². The fraction of sp³-hybridized carbons (Fsp3) is 0.174. The number of rotatable bonds is 8. The van der Waals surface area contributed by atoms with Crippen LogP contribution in [-0.4, -0.2) is 35.1 Å². The number of ether oxygens (including phenoxy) is 2. The standard InChI is InChI=1S/C23H23ClN2O5S/c1-16-9-10-17(24)13-21(16)26(32(28,29)19-7-5-4-6-8-19)15-23(27)25-20-12-11-18(30-2)14-22(20)31-3/h4-14H,15H2,1-3H3,(H,25,27). The first kappa shape index (κ1) is 23.4. The van der Waals surface area contributed by atoms with Crippen molar-refractivity contribution in [3.63, 3.8) is 0 Å². The van der Waals surface area contributed by atoms with Gasteiger partial charge < -0.3 is 14.8 Å². The lowest BCUT2D eigenvalue weighted by molar-refractivity contribution is -0.114. The summed E-state index contributed by atoms with van der Waals surface area (Å²) in [4.78, 5) is 13.0. The molecule has 168 valence electrons. The average molecular weight is 475 g/mol. The third-order valence-corrected chi connectivity index (χ3v) is 6.75. The van der Waals surface area contributed by atoms with Crippen LogP contribution in [0.4, 0.5) is 11.4 Å². The quantitative estimate of drug-likeness (QED) is 0.519. The van der Waals surface area contributed by atoms with Crippen molar-refractivity contribution in [2.45, 2.75) is 11.8 Å². The Balaban J connectivity index is 1.98. The highest BCUT2D eigenvalue weighted by molar-refractivity contribution is 7.92. The monoisotopic (exact) mass is 474 g/mol. The highest BCUT2D eigenvalue weighted by Crippen LogP contribution is 2.31. The van der Waals surface area contributed by atoms with E-state index in [2.05, 4.69) is 5.32 Å². The molecule has 0 bridgehead atoms. The SMILES string of the molecule is COc1ccc(NC(=O)CN(c2cc(Cl)ccc2C)S(=O)(=O)c2ccccc2)c(OC)c1. The zero-order valence-electron chi connectivity index (χ0n) is 17.8. The van der Waals surface area contributed by atoms with Gasteiger partial charge in [0, 0.05) is 11.1 Å². The van der Waals surface area contributed by atoms with E-state index in [-0.39, 0.29) is 4.90 Å². The lowest BCUT2D eigenvalue weighted by Gasteiger charge is -2.26. The molecule has 0 saturated carbocycles. The molecule has 0 aliphatic heterocycles. The van der Waals surface area contributed by atoms with E-state index in [1.165, 1.54) is 32.4 Å². The molecular weight excluding hydrogens is 452 g/mol. The highest BCUT2D eigenvalue weighted by atomic mass is 35.5. The minimum atomic E-state index is -4.04. The predicted molar refractivity (Wildman–Crippen MR) is 125 cm³/mol. The lowest BCUT2D eigenvalue weighted by Crippen LogP contribution is -2.38. The molecule has 0 atom stereocenters.